The van der Waals surface area contributed by atoms with Crippen LogP contribution in [0.1, 0.15) is 27.0 Å². The topological polar surface area (TPSA) is 124 Å². The monoisotopic (exact) mass is 401 g/mol. The van der Waals surface area contributed by atoms with Crippen molar-refractivity contribution in [2.45, 2.75) is 51.1 Å². The molecule has 10 heteroatoms. The number of imidazole rings is 1. The summed E-state index contributed by atoms with van der Waals surface area (Å²) in [6.45, 7) is 5.80. The van der Waals surface area contributed by atoms with E-state index in [-0.39, 0.29) is 12.2 Å². The predicted molar refractivity (Wildman–Crippen MR) is 102 cm³/mol. The standard InChI is InChI=1S/C19H23N5O5/c1-4-26-12(25)8-6-5-7-11-14-15(29-19(2,3)28-14)18(27-11)24-10-23-13-16(20)21-9-22-17(13)24/h5-11,14-15,18H,4H2,1-3H3,(H2,20,21,22)/b7-5+,8-6-/t11-,14-,15-,18-/m1/s1. The maximum Gasteiger partial charge on any atom is 0.330 e. The van der Waals surface area contributed by atoms with Crippen LogP contribution in [0.5, 0.6) is 0 Å². The number of fused-ring (bicyclic) bond motifs is 2. The average molecular weight is 401 g/mol. The van der Waals surface area contributed by atoms with E-state index in [9.17, 15) is 4.79 Å². The van der Waals surface area contributed by atoms with Crippen LogP contribution < -0.4 is 5.73 Å². The summed E-state index contributed by atoms with van der Waals surface area (Å²) in [6, 6.07) is 0. The van der Waals surface area contributed by atoms with E-state index in [1.165, 1.54) is 12.4 Å². The molecule has 0 saturated carbocycles. The molecular weight excluding hydrogens is 378 g/mol. The molecule has 2 aliphatic heterocycles. The summed E-state index contributed by atoms with van der Waals surface area (Å²) < 4.78 is 25.0. The smallest absolute Gasteiger partial charge is 0.330 e. The van der Waals surface area contributed by atoms with Crippen molar-refractivity contribution in [3.05, 3.63) is 37.0 Å². The van der Waals surface area contributed by atoms with Crippen LogP contribution in [0.2, 0.25) is 0 Å². The number of carbonyl (C=O) groups excluding carboxylic acids is 1. The third-order valence-electron chi connectivity index (χ3n) is 4.66. The molecule has 0 radical (unpaired) electrons. The van der Waals surface area contributed by atoms with Crippen molar-refractivity contribution < 1.29 is 23.7 Å². The Morgan fingerprint density at radius 1 is 1.28 bits per heavy atom. The number of rotatable bonds is 5. The van der Waals surface area contributed by atoms with Gasteiger partial charge in [0.15, 0.2) is 23.5 Å². The normalized spacial score (nSPS) is 28.5. The van der Waals surface area contributed by atoms with Gasteiger partial charge in [0.2, 0.25) is 0 Å². The minimum Gasteiger partial charge on any atom is -0.463 e. The van der Waals surface area contributed by atoms with Crippen LogP contribution in [-0.2, 0) is 23.7 Å². The third-order valence-corrected chi connectivity index (χ3v) is 4.66. The Balaban J connectivity index is 1.59. The summed E-state index contributed by atoms with van der Waals surface area (Å²) in [5.74, 6) is -0.856. The first kappa shape index (κ1) is 19.5. The SMILES string of the molecule is CCOC(=O)/C=C\C=C\[C@H]1O[C@@H](n2cnc3c(N)ncnc32)[C@@H]2OC(C)(C)O[C@@H]21. The number of carbonyl (C=O) groups is 1. The second-order valence-corrected chi connectivity index (χ2v) is 7.14. The number of hydrogen-bond donors (Lipinski definition) is 1. The number of nitrogens with zero attached hydrogens (tertiary/aromatic N) is 4. The minimum absolute atomic E-state index is 0.299. The molecule has 2 N–H and O–H groups in total. The highest BCUT2D eigenvalue weighted by Crippen LogP contribution is 2.44. The van der Waals surface area contributed by atoms with Crippen LogP contribution >= 0.6 is 0 Å². The Hall–Kier alpha value is -2.82. The van der Waals surface area contributed by atoms with E-state index in [0.717, 1.165) is 0 Å². The molecule has 4 heterocycles. The Kier molecular flexibility index (Phi) is 5.07. The van der Waals surface area contributed by atoms with Crippen molar-refractivity contribution in [3.8, 4) is 0 Å². The van der Waals surface area contributed by atoms with Crippen molar-refractivity contribution in [2.24, 2.45) is 0 Å². The summed E-state index contributed by atoms with van der Waals surface area (Å²) >= 11 is 0. The molecule has 10 nitrogen and oxygen atoms in total. The summed E-state index contributed by atoms with van der Waals surface area (Å²) in [4.78, 5) is 24.0. The summed E-state index contributed by atoms with van der Waals surface area (Å²) in [6.07, 6.45) is 7.88. The largest absolute Gasteiger partial charge is 0.463 e. The Morgan fingerprint density at radius 3 is 2.86 bits per heavy atom. The summed E-state index contributed by atoms with van der Waals surface area (Å²) in [5.41, 5.74) is 6.95. The highest BCUT2D eigenvalue weighted by molar-refractivity contribution is 5.82. The molecule has 29 heavy (non-hydrogen) atoms. The van der Waals surface area contributed by atoms with Gasteiger partial charge in [-0.25, -0.2) is 19.7 Å². The van der Waals surface area contributed by atoms with E-state index in [4.69, 9.17) is 24.7 Å². The number of nitrogens with two attached hydrogens (primary N) is 1. The van der Waals surface area contributed by atoms with Crippen molar-refractivity contribution >= 4 is 23.0 Å². The molecule has 2 aromatic heterocycles. The number of nitrogen functional groups attached to an aromatic ring is 1. The maximum absolute atomic E-state index is 11.4. The highest BCUT2D eigenvalue weighted by atomic mass is 16.8. The molecule has 2 fully saturated rings. The van der Waals surface area contributed by atoms with Gasteiger partial charge in [0.25, 0.3) is 0 Å². The molecule has 0 spiro atoms. The van der Waals surface area contributed by atoms with Crippen LogP contribution in [0.15, 0.2) is 37.0 Å². The van der Waals surface area contributed by atoms with Crippen LogP contribution in [0.4, 0.5) is 5.82 Å². The molecule has 4 rings (SSSR count). The number of allylic oxidation sites excluding steroid dienone is 2. The second-order valence-electron chi connectivity index (χ2n) is 7.14. The van der Waals surface area contributed by atoms with Crippen LogP contribution in [0.25, 0.3) is 11.2 Å². The van der Waals surface area contributed by atoms with Gasteiger partial charge in [-0.15, -0.1) is 0 Å². The zero-order valence-corrected chi connectivity index (χ0v) is 16.4. The van der Waals surface area contributed by atoms with Gasteiger partial charge in [-0.1, -0.05) is 18.2 Å². The molecule has 154 valence electrons. The zero-order valence-electron chi connectivity index (χ0n) is 16.4. The molecule has 0 bridgehead atoms. The van der Waals surface area contributed by atoms with Crippen molar-refractivity contribution in [1.29, 1.82) is 0 Å². The Labute approximate surface area is 167 Å². The van der Waals surface area contributed by atoms with Gasteiger partial charge >= 0.3 is 5.97 Å². The van der Waals surface area contributed by atoms with Gasteiger partial charge in [-0.3, -0.25) is 4.57 Å². The van der Waals surface area contributed by atoms with Gasteiger partial charge in [-0.2, -0.15) is 0 Å². The molecule has 0 unspecified atom stereocenters. The van der Waals surface area contributed by atoms with E-state index in [1.807, 2.05) is 19.9 Å². The lowest BCUT2D eigenvalue weighted by molar-refractivity contribution is -0.191. The van der Waals surface area contributed by atoms with Gasteiger partial charge in [-0.05, 0) is 20.8 Å². The fourth-order valence-electron chi connectivity index (χ4n) is 3.54. The minimum atomic E-state index is -0.755. The molecular formula is C19H23N5O5. The first-order valence-corrected chi connectivity index (χ1v) is 9.35. The lowest BCUT2D eigenvalue weighted by atomic mass is 10.1. The van der Waals surface area contributed by atoms with Gasteiger partial charge in [0.1, 0.15) is 30.2 Å². The van der Waals surface area contributed by atoms with Crippen molar-refractivity contribution in [1.82, 2.24) is 19.5 Å². The number of anilines is 1. The van der Waals surface area contributed by atoms with E-state index < -0.39 is 24.1 Å². The van der Waals surface area contributed by atoms with Crippen molar-refractivity contribution in [2.75, 3.05) is 12.3 Å². The Bertz CT molecular complexity index is 969. The first-order chi connectivity index (χ1) is 13.9. The molecule has 0 amide bonds. The number of ether oxygens (including phenoxy) is 4. The van der Waals surface area contributed by atoms with Gasteiger partial charge < -0.3 is 24.7 Å². The molecule has 2 saturated heterocycles. The number of esters is 1. The molecule has 4 atom stereocenters. The molecule has 2 aromatic rings. The van der Waals surface area contributed by atoms with E-state index in [1.54, 1.807) is 30.0 Å². The lowest BCUT2D eigenvalue weighted by Gasteiger charge is -2.23. The molecule has 0 aromatic carbocycles. The summed E-state index contributed by atoms with van der Waals surface area (Å²) in [7, 11) is 0. The fraction of sp³-hybridized carbons (Fsp3) is 0.474. The first-order valence-electron chi connectivity index (χ1n) is 9.35. The number of hydrogen-bond acceptors (Lipinski definition) is 9. The van der Waals surface area contributed by atoms with Gasteiger partial charge in [0.05, 0.1) is 12.9 Å². The highest BCUT2D eigenvalue weighted by Gasteiger charge is 2.55. The average Bonchev–Trinajstić information content (AvgIpc) is 3.31. The summed E-state index contributed by atoms with van der Waals surface area (Å²) in [5, 5.41) is 0. The molecule has 0 aliphatic carbocycles. The van der Waals surface area contributed by atoms with Gasteiger partial charge in [0, 0.05) is 6.08 Å². The zero-order chi connectivity index (χ0) is 20.6. The van der Waals surface area contributed by atoms with Crippen LogP contribution in [0, 0.1) is 0 Å². The maximum atomic E-state index is 11.4. The lowest BCUT2D eigenvalue weighted by Crippen LogP contribution is -2.28. The Morgan fingerprint density at radius 2 is 2.07 bits per heavy atom. The van der Waals surface area contributed by atoms with E-state index in [2.05, 4.69) is 15.0 Å². The number of aromatic nitrogens is 4. The van der Waals surface area contributed by atoms with Crippen LogP contribution in [-0.4, -0.2) is 56.2 Å². The second kappa shape index (κ2) is 7.54. The quantitative estimate of drug-likeness (QED) is 0.451. The van der Waals surface area contributed by atoms with E-state index in [0.29, 0.717) is 23.6 Å². The van der Waals surface area contributed by atoms with Crippen LogP contribution in [0.3, 0.4) is 0 Å². The predicted octanol–water partition coefficient (Wildman–Crippen LogP) is 1.50. The fourth-order valence-corrected chi connectivity index (χ4v) is 3.54. The van der Waals surface area contributed by atoms with Crippen molar-refractivity contribution in [3.63, 3.8) is 0 Å². The van der Waals surface area contributed by atoms with E-state index >= 15 is 0 Å². The molecule has 2 aliphatic rings. The third kappa shape index (κ3) is 3.74.